The van der Waals surface area contributed by atoms with Crippen LogP contribution in [0.3, 0.4) is 0 Å². The number of aromatic amines is 1. The summed E-state index contributed by atoms with van der Waals surface area (Å²) in [4.78, 5) is 23.1. The molecular weight excluding hydrogens is 390 g/mol. The molecule has 0 aromatic carbocycles. The van der Waals surface area contributed by atoms with Crippen LogP contribution in [0, 0.1) is 5.92 Å². The van der Waals surface area contributed by atoms with E-state index in [4.69, 9.17) is 0 Å². The summed E-state index contributed by atoms with van der Waals surface area (Å²) in [5.74, 6) is 0.830. The quantitative estimate of drug-likeness (QED) is 0.537. The smallest absolute Gasteiger partial charge is 0.225 e. The van der Waals surface area contributed by atoms with Gasteiger partial charge >= 0.3 is 0 Å². The van der Waals surface area contributed by atoms with E-state index in [1.54, 1.807) is 10.8 Å². The minimum Gasteiger partial charge on any atom is -0.343 e. The van der Waals surface area contributed by atoms with Crippen molar-refractivity contribution in [3.63, 3.8) is 0 Å². The predicted octanol–water partition coefficient (Wildman–Crippen LogP) is 2.59. The van der Waals surface area contributed by atoms with Gasteiger partial charge in [0.15, 0.2) is 0 Å². The zero-order valence-corrected chi connectivity index (χ0v) is 17.3. The second-order valence-corrected chi connectivity index (χ2v) is 8.60. The molecule has 2 aliphatic rings. The average molecular weight is 416 g/mol. The first-order valence-corrected chi connectivity index (χ1v) is 11.0. The molecule has 2 fully saturated rings. The van der Waals surface area contributed by atoms with E-state index in [9.17, 15) is 4.79 Å². The highest BCUT2D eigenvalue weighted by Crippen LogP contribution is 2.35. The summed E-state index contributed by atoms with van der Waals surface area (Å²) < 4.78 is 1.65. The summed E-state index contributed by atoms with van der Waals surface area (Å²) in [5, 5.41) is 13.1. The zero-order valence-electron chi connectivity index (χ0n) is 17.3. The van der Waals surface area contributed by atoms with Crippen molar-refractivity contribution in [1.29, 1.82) is 0 Å². The molecule has 1 amide bonds. The minimum absolute atomic E-state index is 0.181. The van der Waals surface area contributed by atoms with Gasteiger partial charge in [-0.3, -0.25) is 4.79 Å². The second kappa shape index (κ2) is 7.46. The first-order valence-electron chi connectivity index (χ1n) is 11.0. The number of pyridine rings is 1. The van der Waals surface area contributed by atoms with Crippen LogP contribution in [0.25, 0.3) is 27.7 Å². The molecule has 2 N–H and O–H groups in total. The molecule has 1 unspecified atom stereocenters. The summed E-state index contributed by atoms with van der Waals surface area (Å²) in [6, 6.07) is 8.19. The van der Waals surface area contributed by atoms with Crippen molar-refractivity contribution in [2.45, 2.75) is 25.2 Å². The van der Waals surface area contributed by atoms with Crippen LogP contribution >= 0.6 is 0 Å². The number of rotatable bonds is 3. The first-order chi connectivity index (χ1) is 15.3. The van der Waals surface area contributed by atoms with E-state index in [0.717, 1.165) is 78.8 Å². The molecule has 4 aromatic heterocycles. The maximum Gasteiger partial charge on any atom is 0.225 e. The number of hydrogen-bond acceptors (Lipinski definition) is 5. The molecule has 0 spiro atoms. The van der Waals surface area contributed by atoms with Gasteiger partial charge < -0.3 is 15.2 Å². The van der Waals surface area contributed by atoms with Crippen LogP contribution in [0.15, 0.2) is 42.9 Å². The van der Waals surface area contributed by atoms with E-state index in [2.05, 4.69) is 36.4 Å². The lowest BCUT2D eigenvalue weighted by Crippen LogP contribution is -2.39. The van der Waals surface area contributed by atoms with Gasteiger partial charge in [0, 0.05) is 54.0 Å². The van der Waals surface area contributed by atoms with Gasteiger partial charge in [-0.25, -0.2) is 4.98 Å². The molecule has 0 aliphatic carbocycles. The zero-order chi connectivity index (χ0) is 20.8. The SMILES string of the molecule is O=C(C1CCNCC1)N1CCC(c2cc3c(-c4cnn5ncccc45)ccnc3[nH]2)C1. The third-order valence-corrected chi connectivity index (χ3v) is 6.77. The van der Waals surface area contributed by atoms with Gasteiger partial charge in [0.05, 0.1) is 11.7 Å². The van der Waals surface area contributed by atoms with Crippen molar-refractivity contribution in [3.05, 3.63) is 48.5 Å². The summed E-state index contributed by atoms with van der Waals surface area (Å²) in [5.41, 5.74) is 5.14. The lowest BCUT2D eigenvalue weighted by atomic mass is 9.96. The number of carbonyl (C=O) groups is 1. The van der Waals surface area contributed by atoms with Gasteiger partial charge in [-0.05, 0) is 62.2 Å². The van der Waals surface area contributed by atoms with Crippen LogP contribution in [0.4, 0.5) is 0 Å². The number of aromatic nitrogens is 5. The molecular formula is C23H25N7O. The number of carbonyl (C=O) groups excluding carboxylic acids is 1. The number of nitrogens with one attached hydrogen (secondary N) is 2. The van der Waals surface area contributed by atoms with Gasteiger partial charge in [0.1, 0.15) is 5.65 Å². The summed E-state index contributed by atoms with van der Waals surface area (Å²) in [6.45, 7) is 3.51. The molecule has 2 saturated heterocycles. The van der Waals surface area contributed by atoms with Gasteiger partial charge in [0.2, 0.25) is 5.91 Å². The molecule has 0 radical (unpaired) electrons. The van der Waals surface area contributed by atoms with Crippen molar-refractivity contribution >= 4 is 22.5 Å². The van der Waals surface area contributed by atoms with Gasteiger partial charge in [-0.1, -0.05) is 0 Å². The topological polar surface area (TPSA) is 91.2 Å². The molecule has 0 saturated carbocycles. The number of likely N-dealkylation sites (tertiary alicyclic amines) is 1. The molecule has 31 heavy (non-hydrogen) atoms. The van der Waals surface area contributed by atoms with Crippen molar-refractivity contribution in [2.75, 3.05) is 26.2 Å². The van der Waals surface area contributed by atoms with E-state index in [0.29, 0.717) is 11.8 Å². The fraction of sp³-hybridized carbons (Fsp3) is 0.391. The molecule has 0 bridgehead atoms. The largest absolute Gasteiger partial charge is 0.343 e. The summed E-state index contributed by atoms with van der Waals surface area (Å²) in [6.07, 6.45) is 8.32. The number of H-pyrrole nitrogens is 1. The van der Waals surface area contributed by atoms with Crippen LogP contribution in [-0.2, 0) is 4.79 Å². The fourth-order valence-corrected chi connectivity index (χ4v) is 5.08. The Morgan fingerprint density at radius 3 is 2.87 bits per heavy atom. The van der Waals surface area contributed by atoms with Crippen LogP contribution in [0.2, 0.25) is 0 Å². The highest BCUT2D eigenvalue weighted by molar-refractivity contribution is 5.97. The van der Waals surface area contributed by atoms with Gasteiger partial charge in [-0.2, -0.15) is 14.8 Å². The van der Waals surface area contributed by atoms with E-state index in [-0.39, 0.29) is 5.92 Å². The molecule has 2 aliphatic heterocycles. The molecule has 4 aromatic rings. The van der Waals surface area contributed by atoms with Crippen LogP contribution in [0.1, 0.15) is 30.9 Å². The number of nitrogens with zero attached hydrogens (tertiary/aromatic N) is 5. The number of hydrogen-bond donors (Lipinski definition) is 2. The van der Waals surface area contributed by atoms with Crippen LogP contribution < -0.4 is 5.32 Å². The minimum atomic E-state index is 0.181. The number of amides is 1. The normalized spacial score (nSPS) is 20.1. The van der Waals surface area contributed by atoms with E-state index in [1.807, 2.05) is 30.6 Å². The Balaban J connectivity index is 1.29. The Morgan fingerprint density at radius 1 is 1.06 bits per heavy atom. The maximum atomic E-state index is 12.9. The Morgan fingerprint density at radius 2 is 1.97 bits per heavy atom. The highest BCUT2D eigenvalue weighted by atomic mass is 16.2. The highest BCUT2D eigenvalue weighted by Gasteiger charge is 2.32. The van der Waals surface area contributed by atoms with Crippen molar-refractivity contribution in [1.82, 2.24) is 35.0 Å². The summed E-state index contributed by atoms with van der Waals surface area (Å²) in [7, 11) is 0. The Labute approximate surface area is 179 Å². The van der Waals surface area contributed by atoms with Gasteiger partial charge in [-0.15, -0.1) is 0 Å². The lowest BCUT2D eigenvalue weighted by molar-refractivity contribution is -0.135. The fourth-order valence-electron chi connectivity index (χ4n) is 5.08. The third kappa shape index (κ3) is 3.18. The van der Waals surface area contributed by atoms with Crippen molar-refractivity contribution in [3.8, 4) is 11.1 Å². The second-order valence-electron chi connectivity index (χ2n) is 8.60. The Hall–Kier alpha value is -3.26. The third-order valence-electron chi connectivity index (χ3n) is 6.77. The predicted molar refractivity (Wildman–Crippen MR) is 118 cm³/mol. The average Bonchev–Trinajstić information content (AvgIpc) is 3.56. The van der Waals surface area contributed by atoms with E-state index >= 15 is 0 Å². The lowest BCUT2D eigenvalue weighted by Gasteiger charge is -2.26. The Kier molecular flexibility index (Phi) is 4.45. The van der Waals surface area contributed by atoms with Crippen LogP contribution in [0.5, 0.6) is 0 Å². The van der Waals surface area contributed by atoms with E-state index < -0.39 is 0 Å². The van der Waals surface area contributed by atoms with Crippen molar-refractivity contribution in [2.24, 2.45) is 5.92 Å². The van der Waals surface area contributed by atoms with Crippen LogP contribution in [-0.4, -0.2) is 61.8 Å². The first kappa shape index (κ1) is 18.5. The molecule has 8 nitrogen and oxygen atoms in total. The molecule has 6 rings (SSSR count). The van der Waals surface area contributed by atoms with E-state index in [1.165, 1.54) is 0 Å². The maximum absolute atomic E-state index is 12.9. The summed E-state index contributed by atoms with van der Waals surface area (Å²) >= 11 is 0. The number of piperidine rings is 1. The molecule has 1 atom stereocenters. The van der Waals surface area contributed by atoms with Crippen molar-refractivity contribution < 1.29 is 4.79 Å². The van der Waals surface area contributed by atoms with Gasteiger partial charge in [0.25, 0.3) is 0 Å². The molecule has 158 valence electrons. The molecule has 6 heterocycles. The number of fused-ring (bicyclic) bond motifs is 2. The Bertz CT molecular complexity index is 1250. The monoisotopic (exact) mass is 415 g/mol. The molecule has 8 heteroatoms. The standard InChI is InChI=1S/C23H25N7O/c31-23(15-3-8-24-9-4-15)29-11-6-16(14-29)20-12-18-17(5-10-25-22(18)28-20)19-13-27-30-21(19)2-1-7-26-30/h1-2,5,7,10,12-13,15-16,24H,3-4,6,8-9,11,14H2,(H,25,28).